The van der Waals surface area contributed by atoms with Crippen molar-refractivity contribution in [3.63, 3.8) is 0 Å². The van der Waals surface area contributed by atoms with Crippen molar-refractivity contribution < 1.29 is 13.2 Å². The normalized spacial score (nSPS) is 23.8. The molecule has 2 bridgehead atoms. The maximum absolute atomic E-state index is 14.5. The fourth-order valence-corrected chi connectivity index (χ4v) is 5.65. The van der Waals surface area contributed by atoms with Crippen molar-refractivity contribution in [1.82, 2.24) is 25.0 Å². The van der Waals surface area contributed by atoms with Crippen LogP contribution in [0.4, 0.5) is 36.4 Å². The van der Waals surface area contributed by atoms with E-state index in [9.17, 15) is 13.2 Å². The number of nitrogens with zero attached hydrogens (tertiary/aromatic N) is 7. The van der Waals surface area contributed by atoms with Gasteiger partial charge in [0.15, 0.2) is 22.6 Å². The third-order valence-electron chi connectivity index (χ3n) is 7.06. The van der Waals surface area contributed by atoms with Gasteiger partial charge in [0.1, 0.15) is 0 Å². The lowest BCUT2D eigenvalue weighted by Crippen LogP contribution is -2.48. The summed E-state index contributed by atoms with van der Waals surface area (Å²) in [4.78, 5) is 8.46. The van der Waals surface area contributed by atoms with Crippen LogP contribution >= 0.6 is 11.6 Å². The number of hydrogen-bond acceptors (Lipinski definition) is 7. The summed E-state index contributed by atoms with van der Waals surface area (Å²) in [6.45, 7) is 2.77. The predicted molar refractivity (Wildman–Crippen MR) is 121 cm³/mol. The van der Waals surface area contributed by atoms with Crippen molar-refractivity contribution in [1.29, 1.82) is 0 Å². The van der Waals surface area contributed by atoms with Gasteiger partial charge in [-0.3, -0.25) is 0 Å². The standard InChI is InChI=1S/C22H22ClF3N8/c23-17-8-14(9-27-30-17)32-10-12-2-3-13(11-32)20(12)28-21-29-22-33(6-1-7-34(22)31-21)16-5-4-15(24)18(25)19(16)26/h4-5,8-9,12-13,20H,1-3,6-7,10-11H2,(H,28,31)/t12-,13+,20-. The van der Waals surface area contributed by atoms with Crippen molar-refractivity contribution in [2.24, 2.45) is 11.8 Å². The van der Waals surface area contributed by atoms with Gasteiger partial charge in [0.2, 0.25) is 11.9 Å². The molecule has 178 valence electrons. The van der Waals surface area contributed by atoms with Gasteiger partial charge in [0, 0.05) is 38.3 Å². The highest BCUT2D eigenvalue weighted by molar-refractivity contribution is 6.29. The molecule has 2 aromatic heterocycles. The topological polar surface area (TPSA) is 75.0 Å². The van der Waals surface area contributed by atoms with Gasteiger partial charge < -0.3 is 15.1 Å². The Kier molecular flexibility index (Phi) is 5.23. The van der Waals surface area contributed by atoms with E-state index in [1.165, 1.54) is 6.07 Å². The quantitative estimate of drug-likeness (QED) is 0.554. The first-order valence-corrected chi connectivity index (χ1v) is 11.7. The molecule has 1 aromatic carbocycles. The molecule has 2 fully saturated rings. The molecule has 0 radical (unpaired) electrons. The van der Waals surface area contributed by atoms with E-state index < -0.39 is 17.5 Å². The van der Waals surface area contributed by atoms with Crippen molar-refractivity contribution in [3.05, 3.63) is 47.0 Å². The maximum Gasteiger partial charge on any atom is 0.244 e. The molecule has 8 nitrogen and oxygen atoms in total. The molecule has 1 saturated heterocycles. The lowest BCUT2D eigenvalue weighted by atomic mass is 9.92. The Hall–Kier alpha value is -3.08. The van der Waals surface area contributed by atoms with Crippen molar-refractivity contribution in [2.45, 2.75) is 31.8 Å². The van der Waals surface area contributed by atoms with E-state index in [0.29, 0.717) is 48.4 Å². The molecule has 4 heterocycles. The third-order valence-corrected chi connectivity index (χ3v) is 7.24. The average Bonchev–Trinajstić information content (AvgIpc) is 3.33. The van der Waals surface area contributed by atoms with Gasteiger partial charge in [-0.1, -0.05) is 11.6 Å². The van der Waals surface area contributed by atoms with E-state index in [2.05, 4.69) is 30.5 Å². The minimum atomic E-state index is -1.48. The van der Waals surface area contributed by atoms with Gasteiger partial charge in [0.05, 0.1) is 17.6 Å². The highest BCUT2D eigenvalue weighted by atomic mass is 35.5. The number of fused-ring (bicyclic) bond motifs is 3. The van der Waals surface area contributed by atoms with Crippen LogP contribution in [0.25, 0.3) is 0 Å². The highest BCUT2D eigenvalue weighted by Gasteiger charge is 2.43. The zero-order chi connectivity index (χ0) is 23.4. The predicted octanol–water partition coefficient (Wildman–Crippen LogP) is 4.01. The Morgan fingerprint density at radius 1 is 1.03 bits per heavy atom. The van der Waals surface area contributed by atoms with Crippen LogP contribution in [0, 0.1) is 29.3 Å². The molecule has 0 amide bonds. The SMILES string of the molecule is Fc1ccc(N2CCCn3nc(N[C@@H]4[C@@H]5CC[C@H]4CN(c4cnnc(Cl)c4)C5)nc32)c(F)c1F. The van der Waals surface area contributed by atoms with Gasteiger partial charge in [-0.25, -0.2) is 17.9 Å². The maximum atomic E-state index is 14.5. The number of nitrogens with one attached hydrogen (secondary N) is 1. The van der Waals surface area contributed by atoms with Gasteiger partial charge in [-0.05, 0) is 43.2 Å². The average molecular weight is 491 g/mol. The lowest BCUT2D eigenvalue weighted by Gasteiger charge is -2.39. The van der Waals surface area contributed by atoms with Crippen LogP contribution in [0.15, 0.2) is 24.4 Å². The summed E-state index contributed by atoms with van der Waals surface area (Å²) in [5.74, 6) is -2.25. The number of anilines is 4. The molecule has 1 N–H and O–H groups in total. The van der Waals surface area contributed by atoms with E-state index in [-0.39, 0.29) is 11.7 Å². The van der Waals surface area contributed by atoms with Crippen LogP contribution < -0.4 is 15.1 Å². The first-order chi connectivity index (χ1) is 16.5. The summed E-state index contributed by atoms with van der Waals surface area (Å²) in [6.07, 6.45) is 4.59. The zero-order valence-corrected chi connectivity index (χ0v) is 18.9. The Morgan fingerprint density at radius 2 is 1.82 bits per heavy atom. The second kappa shape index (κ2) is 8.30. The van der Waals surface area contributed by atoms with Crippen LogP contribution in [0.2, 0.25) is 5.15 Å². The smallest absolute Gasteiger partial charge is 0.244 e. The zero-order valence-electron chi connectivity index (χ0n) is 18.1. The number of aromatic nitrogens is 5. The summed E-state index contributed by atoms with van der Waals surface area (Å²) in [5.41, 5.74) is 0.923. The summed E-state index contributed by atoms with van der Waals surface area (Å²) in [5, 5.41) is 16.3. The highest BCUT2D eigenvalue weighted by Crippen LogP contribution is 2.40. The molecule has 34 heavy (non-hydrogen) atoms. The fourth-order valence-electron chi connectivity index (χ4n) is 5.50. The Balaban J connectivity index is 1.22. The Morgan fingerprint density at radius 3 is 2.59 bits per heavy atom. The molecule has 3 aromatic rings. The number of halogens is 4. The van der Waals surface area contributed by atoms with Crippen LogP contribution in [0.3, 0.4) is 0 Å². The van der Waals surface area contributed by atoms with Gasteiger partial charge in [-0.2, -0.15) is 10.1 Å². The summed E-state index contributed by atoms with van der Waals surface area (Å²) in [6, 6.07) is 4.21. The fraction of sp³-hybridized carbons (Fsp3) is 0.455. The second-order valence-corrected chi connectivity index (χ2v) is 9.45. The molecule has 1 saturated carbocycles. The number of rotatable bonds is 4. The molecular formula is C22H22ClF3N8. The van der Waals surface area contributed by atoms with Crippen LogP contribution in [0.1, 0.15) is 19.3 Å². The minimum Gasteiger partial charge on any atom is -0.369 e. The Bertz CT molecular complexity index is 1220. The molecule has 0 spiro atoms. The first kappa shape index (κ1) is 21.5. The summed E-state index contributed by atoms with van der Waals surface area (Å²) in [7, 11) is 0. The third kappa shape index (κ3) is 3.62. The molecule has 2 aliphatic heterocycles. The first-order valence-electron chi connectivity index (χ1n) is 11.3. The Labute approximate surface area is 198 Å². The molecule has 12 heteroatoms. The molecule has 1 aliphatic carbocycles. The van der Waals surface area contributed by atoms with Crippen LogP contribution in [-0.4, -0.2) is 50.6 Å². The number of hydrogen-bond donors (Lipinski definition) is 1. The summed E-state index contributed by atoms with van der Waals surface area (Å²) < 4.78 is 43.5. The second-order valence-electron chi connectivity index (χ2n) is 9.07. The van der Waals surface area contributed by atoms with Gasteiger partial charge in [0.25, 0.3) is 0 Å². The van der Waals surface area contributed by atoms with E-state index >= 15 is 0 Å². The molecule has 6 rings (SSSR count). The monoisotopic (exact) mass is 490 g/mol. The lowest BCUT2D eigenvalue weighted by molar-refractivity contribution is 0.376. The molecule has 3 atom stereocenters. The number of aryl methyl sites for hydroxylation is 1. The van der Waals surface area contributed by atoms with E-state index in [4.69, 9.17) is 11.6 Å². The van der Waals surface area contributed by atoms with E-state index in [1.807, 2.05) is 6.07 Å². The van der Waals surface area contributed by atoms with Crippen molar-refractivity contribution in [2.75, 3.05) is 34.8 Å². The molecule has 3 aliphatic rings. The molecule has 0 unspecified atom stereocenters. The van der Waals surface area contributed by atoms with E-state index in [1.54, 1.807) is 15.8 Å². The number of benzene rings is 1. The minimum absolute atomic E-state index is 0.0446. The van der Waals surface area contributed by atoms with Crippen LogP contribution in [-0.2, 0) is 6.54 Å². The largest absolute Gasteiger partial charge is 0.369 e. The van der Waals surface area contributed by atoms with Gasteiger partial charge >= 0.3 is 0 Å². The molecular weight excluding hydrogens is 469 g/mol. The van der Waals surface area contributed by atoms with Crippen LogP contribution in [0.5, 0.6) is 0 Å². The number of piperidine rings is 1. The van der Waals surface area contributed by atoms with Crippen molar-refractivity contribution in [3.8, 4) is 0 Å². The van der Waals surface area contributed by atoms with E-state index in [0.717, 1.165) is 37.7 Å². The summed E-state index contributed by atoms with van der Waals surface area (Å²) >= 11 is 6.02. The van der Waals surface area contributed by atoms with Crippen molar-refractivity contribution >= 4 is 34.9 Å². The van der Waals surface area contributed by atoms with Gasteiger partial charge in [-0.15, -0.1) is 10.2 Å².